The molecule has 0 aliphatic carbocycles. The van der Waals surface area contributed by atoms with Crippen LogP contribution in [-0.2, 0) is 14.8 Å². The number of carbonyl (C=O) groups excluding carboxylic acids is 1. The Morgan fingerprint density at radius 2 is 1.77 bits per heavy atom. The van der Waals surface area contributed by atoms with Gasteiger partial charge in [-0.05, 0) is 62.8 Å². The summed E-state index contributed by atoms with van der Waals surface area (Å²) in [4.78, 5) is 14.9. The highest BCUT2D eigenvalue weighted by atomic mass is 32.2. The molecule has 1 amide bonds. The van der Waals surface area contributed by atoms with Crippen LogP contribution in [0.1, 0.15) is 36.8 Å². The molecule has 1 atom stereocenters. The van der Waals surface area contributed by atoms with Crippen LogP contribution in [0.3, 0.4) is 0 Å². The summed E-state index contributed by atoms with van der Waals surface area (Å²) in [5.41, 5.74) is 8.02. The zero-order valence-corrected chi connectivity index (χ0v) is 16.5. The molecule has 2 saturated heterocycles. The number of aryl methyl sites for hydroxylation is 2. The molecule has 1 aromatic rings. The minimum atomic E-state index is -3.50. The monoisotopic (exact) mass is 379 g/mol. The zero-order chi connectivity index (χ0) is 18.9. The van der Waals surface area contributed by atoms with Gasteiger partial charge in [-0.25, -0.2) is 8.42 Å². The van der Waals surface area contributed by atoms with Gasteiger partial charge in [-0.1, -0.05) is 6.07 Å². The number of rotatable bonds is 3. The molecule has 2 aliphatic heterocycles. The summed E-state index contributed by atoms with van der Waals surface area (Å²) in [6.07, 6.45) is 3.08. The van der Waals surface area contributed by atoms with E-state index in [0.29, 0.717) is 37.4 Å². The summed E-state index contributed by atoms with van der Waals surface area (Å²) >= 11 is 0. The molecular formula is C19H29N3O3S. The Morgan fingerprint density at radius 1 is 1.08 bits per heavy atom. The number of carbonyl (C=O) groups is 1. The number of benzene rings is 1. The molecule has 0 aromatic heterocycles. The molecule has 0 spiro atoms. The van der Waals surface area contributed by atoms with Crippen molar-refractivity contribution in [1.82, 2.24) is 9.21 Å². The van der Waals surface area contributed by atoms with Crippen molar-refractivity contribution in [3.05, 3.63) is 29.3 Å². The molecule has 1 aromatic carbocycles. The molecule has 6 nitrogen and oxygen atoms in total. The zero-order valence-electron chi connectivity index (χ0n) is 15.6. The van der Waals surface area contributed by atoms with Crippen molar-refractivity contribution in [1.29, 1.82) is 0 Å². The van der Waals surface area contributed by atoms with Gasteiger partial charge in [0.25, 0.3) is 0 Å². The smallest absolute Gasteiger partial charge is 0.243 e. The second-order valence-electron chi connectivity index (χ2n) is 7.61. The van der Waals surface area contributed by atoms with Crippen molar-refractivity contribution in [3.8, 4) is 0 Å². The third-order valence-corrected chi connectivity index (χ3v) is 7.58. The average molecular weight is 380 g/mol. The fourth-order valence-corrected chi connectivity index (χ4v) is 5.39. The lowest BCUT2D eigenvalue weighted by Crippen LogP contribution is -2.50. The van der Waals surface area contributed by atoms with Gasteiger partial charge >= 0.3 is 0 Å². The van der Waals surface area contributed by atoms with Crippen LogP contribution < -0.4 is 5.73 Å². The van der Waals surface area contributed by atoms with E-state index >= 15 is 0 Å². The van der Waals surface area contributed by atoms with Gasteiger partial charge < -0.3 is 10.6 Å². The third kappa shape index (κ3) is 3.94. The lowest BCUT2D eigenvalue weighted by Gasteiger charge is -2.36. The Morgan fingerprint density at radius 3 is 2.38 bits per heavy atom. The van der Waals surface area contributed by atoms with E-state index in [0.717, 1.165) is 30.5 Å². The molecule has 144 valence electrons. The van der Waals surface area contributed by atoms with Gasteiger partial charge in [0, 0.05) is 38.1 Å². The molecule has 2 fully saturated rings. The summed E-state index contributed by atoms with van der Waals surface area (Å²) in [5, 5.41) is 0. The summed E-state index contributed by atoms with van der Waals surface area (Å²) in [6, 6.07) is 5.32. The van der Waals surface area contributed by atoms with Crippen LogP contribution in [0.5, 0.6) is 0 Å². The van der Waals surface area contributed by atoms with Gasteiger partial charge in [-0.2, -0.15) is 4.31 Å². The second-order valence-corrected chi connectivity index (χ2v) is 9.55. The van der Waals surface area contributed by atoms with Gasteiger partial charge in [0.2, 0.25) is 15.9 Å². The number of piperidine rings is 2. The number of nitrogens with two attached hydrogens (primary N) is 1. The van der Waals surface area contributed by atoms with Crippen LogP contribution in [0.15, 0.2) is 23.1 Å². The molecule has 0 radical (unpaired) electrons. The minimum Gasteiger partial charge on any atom is -0.341 e. The van der Waals surface area contributed by atoms with E-state index in [9.17, 15) is 13.2 Å². The largest absolute Gasteiger partial charge is 0.341 e. The molecule has 1 unspecified atom stereocenters. The van der Waals surface area contributed by atoms with Crippen molar-refractivity contribution in [3.63, 3.8) is 0 Å². The van der Waals surface area contributed by atoms with E-state index in [1.165, 1.54) is 4.31 Å². The van der Waals surface area contributed by atoms with Gasteiger partial charge in [0.1, 0.15) is 0 Å². The third-order valence-electron chi connectivity index (χ3n) is 5.69. The maximum absolute atomic E-state index is 12.9. The first-order valence-corrected chi connectivity index (χ1v) is 10.8. The molecule has 7 heteroatoms. The van der Waals surface area contributed by atoms with Crippen LogP contribution in [0.2, 0.25) is 0 Å². The predicted octanol–water partition coefficient (Wildman–Crippen LogP) is 1.65. The van der Waals surface area contributed by atoms with Gasteiger partial charge in [-0.3, -0.25) is 4.79 Å². The fourth-order valence-electron chi connectivity index (χ4n) is 3.83. The first kappa shape index (κ1) is 19.3. The molecular weight excluding hydrogens is 350 g/mol. The predicted molar refractivity (Wildman–Crippen MR) is 101 cm³/mol. The van der Waals surface area contributed by atoms with Crippen LogP contribution >= 0.6 is 0 Å². The highest BCUT2D eigenvalue weighted by Crippen LogP contribution is 2.27. The Kier molecular flexibility index (Phi) is 5.69. The van der Waals surface area contributed by atoms with E-state index in [1.54, 1.807) is 12.1 Å². The van der Waals surface area contributed by atoms with Gasteiger partial charge in [0.15, 0.2) is 0 Å². The molecule has 3 rings (SSSR count). The highest BCUT2D eigenvalue weighted by molar-refractivity contribution is 7.89. The first-order valence-electron chi connectivity index (χ1n) is 9.41. The van der Waals surface area contributed by atoms with Crippen molar-refractivity contribution in [2.75, 3.05) is 26.2 Å². The van der Waals surface area contributed by atoms with Crippen molar-refractivity contribution >= 4 is 15.9 Å². The molecule has 0 saturated carbocycles. The molecule has 0 bridgehead atoms. The summed E-state index contributed by atoms with van der Waals surface area (Å²) < 4.78 is 27.3. The average Bonchev–Trinajstić information content (AvgIpc) is 2.63. The fraction of sp³-hybridized carbons (Fsp3) is 0.632. The molecule has 26 heavy (non-hydrogen) atoms. The molecule has 2 heterocycles. The van der Waals surface area contributed by atoms with E-state index in [-0.39, 0.29) is 17.9 Å². The standard InChI is InChI=1S/C19H29N3O3S/c1-14-5-6-18(12-15(14)2)26(24,25)22-10-7-16(8-11-22)19(23)21-9-3-4-17(20)13-21/h5-6,12,16-17H,3-4,7-11,13,20H2,1-2H3. The number of sulfonamides is 1. The van der Waals surface area contributed by atoms with Crippen LogP contribution in [0, 0.1) is 19.8 Å². The van der Waals surface area contributed by atoms with E-state index in [1.807, 2.05) is 24.8 Å². The van der Waals surface area contributed by atoms with E-state index in [2.05, 4.69) is 0 Å². The van der Waals surface area contributed by atoms with E-state index in [4.69, 9.17) is 5.73 Å². The Hall–Kier alpha value is -1.44. The minimum absolute atomic E-state index is 0.0675. The summed E-state index contributed by atoms with van der Waals surface area (Å²) in [5.74, 6) is 0.0508. The topological polar surface area (TPSA) is 83.7 Å². The Labute approximate surface area is 156 Å². The van der Waals surface area contributed by atoms with Gasteiger partial charge in [-0.15, -0.1) is 0 Å². The lowest BCUT2D eigenvalue weighted by atomic mass is 9.95. The van der Waals surface area contributed by atoms with Crippen LogP contribution in [-0.4, -0.2) is 55.8 Å². The van der Waals surface area contributed by atoms with Crippen LogP contribution in [0.25, 0.3) is 0 Å². The van der Waals surface area contributed by atoms with E-state index < -0.39 is 10.0 Å². The lowest BCUT2D eigenvalue weighted by molar-refractivity contribution is -0.137. The van der Waals surface area contributed by atoms with Crippen LogP contribution in [0.4, 0.5) is 0 Å². The first-order chi connectivity index (χ1) is 12.3. The van der Waals surface area contributed by atoms with Crippen molar-refractivity contribution < 1.29 is 13.2 Å². The SMILES string of the molecule is Cc1ccc(S(=O)(=O)N2CCC(C(=O)N3CCCC(N)C3)CC2)cc1C. The molecule has 2 N–H and O–H groups in total. The Bertz CT molecular complexity index is 770. The summed E-state index contributed by atoms with van der Waals surface area (Å²) in [7, 11) is -3.50. The maximum Gasteiger partial charge on any atom is 0.243 e. The Balaban J connectivity index is 1.64. The normalized spacial score (nSPS) is 23.2. The molecule has 2 aliphatic rings. The quantitative estimate of drug-likeness (QED) is 0.866. The second kappa shape index (κ2) is 7.66. The number of nitrogens with zero attached hydrogens (tertiary/aromatic N) is 2. The number of hydrogen-bond donors (Lipinski definition) is 1. The highest BCUT2D eigenvalue weighted by Gasteiger charge is 2.34. The summed E-state index contributed by atoms with van der Waals surface area (Å²) in [6.45, 7) is 6.07. The number of likely N-dealkylation sites (tertiary alicyclic amines) is 1. The van der Waals surface area contributed by atoms with Gasteiger partial charge in [0.05, 0.1) is 4.90 Å². The van der Waals surface area contributed by atoms with Crippen molar-refractivity contribution in [2.45, 2.75) is 50.5 Å². The number of hydrogen-bond acceptors (Lipinski definition) is 4. The van der Waals surface area contributed by atoms with Crippen molar-refractivity contribution in [2.24, 2.45) is 11.7 Å². The maximum atomic E-state index is 12.9. The number of amides is 1.